The lowest BCUT2D eigenvalue weighted by atomic mass is 10.2. The lowest BCUT2D eigenvalue weighted by Crippen LogP contribution is -2.32. The molecule has 1 aromatic rings. The van der Waals surface area contributed by atoms with Crippen LogP contribution in [0, 0.1) is 0 Å². The summed E-state index contributed by atoms with van der Waals surface area (Å²) in [6, 6.07) is -1.10. The van der Waals surface area contributed by atoms with E-state index >= 15 is 0 Å². The predicted molar refractivity (Wildman–Crippen MR) is 57.9 cm³/mol. The van der Waals surface area contributed by atoms with Crippen molar-refractivity contribution in [1.29, 1.82) is 0 Å². The number of aliphatic carboxylic acids is 1. The van der Waals surface area contributed by atoms with Crippen molar-refractivity contribution in [3.63, 3.8) is 0 Å². The summed E-state index contributed by atoms with van der Waals surface area (Å²) >= 11 is -0.151. The van der Waals surface area contributed by atoms with E-state index in [1.165, 1.54) is 10.9 Å². The van der Waals surface area contributed by atoms with Crippen LogP contribution in [-0.2, 0) is 17.8 Å². The molecule has 6 nitrogen and oxygen atoms in total. The topological polar surface area (TPSA) is 94.0 Å². The Morgan fingerprint density at radius 2 is 2.28 bits per heavy atom. The van der Waals surface area contributed by atoms with Gasteiger partial charge in [-0.2, -0.15) is 13.2 Å². The van der Waals surface area contributed by atoms with Crippen LogP contribution in [0.4, 0.5) is 13.2 Å². The third-order valence-electron chi connectivity index (χ3n) is 1.92. The van der Waals surface area contributed by atoms with Crippen molar-refractivity contribution in [2.75, 3.05) is 5.75 Å². The molecule has 1 unspecified atom stereocenters. The Balaban J connectivity index is 2.41. The van der Waals surface area contributed by atoms with Gasteiger partial charge in [0.15, 0.2) is 0 Å². The van der Waals surface area contributed by atoms with Crippen molar-refractivity contribution >= 4 is 17.7 Å². The maximum atomic E-state index is 11.9. The van der Waals surface area contributed by atoms with Gasteiger partial charge in [0.1, 0.15) is 6.04 Å². The monoisotopic (exact) mass is 284 g/mol. The Hall–Kier alpha value is -1.29. The summed E-state index contributed by atoms with van der Waals surface area (Å²) in [7, 11) is 0. The zero-order chi connectivity index (χ0) is 13.8. The van der Waals surface area contributed by atoms with E-state index in [-0.39, 0.29) is 30.5 Å². The van der Waals surface area contributed by atoms with Crippen molar-refractivity contribution in [3.8, 4) is 0 Å². The highest BCUT2D eigenvalue weighted by atomic mass is 32.2. The molecule has 18 heavy (non-hydrogen) atoms. The summed E-state index contributed by atoms with van der Waals surface area (Å²) in [5.74, 6) is -1.35. The molecule has 0 aromatic carbocycles. The number of nitrogens with two attached hydrogens (primary N) is 1. The molecular formula is C8H11F3N4O2S. The largest absolute Gasteiger partial charge is 0.480 e. The molecule has 1 rings (SSSR count). The van der Waals surface area contributed by atoms with Gasteiger partial charge in [0, 0.05) is 18.4 Å². The summed E-state index contributed by atoms with van der Waals surface area (Å²) in [4.78, 5) is 10.5. The highest BCUT2D eigenvalue weighted by Crippen LogP contribution is 2.29. The number of aryl methyl sites for hydroxylation is 1. The van der Waals surface area contributed by atoms with Crippen LogP contribution in [0.1, 0.15) is 5.69 Å². The molecule has 0 aliphatic heterocycles. The molecule has 0 saturated carbocycles. The lowest BCUT2D eigenvalue weighted by molar-refractivity contribution is -0.138. The van der Waals surface area contributed by atoms with Gasteiger partial charge >= 0.3 is 11.5 Å². The number of thioether (sulfide) groups is 1. The van der Waals surface area contributed by atoms with Gasteiger partial charge in [0.2, 0.25) is 0 Å². The second-order valence-corrected chi connectivity index (χ2v) is 4.58. The van der Waals surface area contributed by atoms with Gasteiger partial charge in [-0.3, -0.25) is 9.48 Å². The SMILES string of the molecule is NC(Cc1cn(CCSC(F)(F)F)nn1)C(=O)O. The molecule has 1 heterocycles. The van der Waals surface area contributed by atoms with E-state index in [2.05, 4.69) is 10.3 Å². The molecule has 0 amide bonds. The molecule has 1 aromatic heterocycles. The van der Waals surface area contributed by atoms with Gasteiger partial charge < -0.3 is 10.8 Å². The lowest BCUT2D eigenvalue weighted by Gasteiger charge is -2.04. The third-order valence-corrected chi connectivity index (χ3v) is 2.63. The van der Waals surface area contributed by atoms with Gasteiger partial charge in [0.25, 0.3) is 0 Å². The normalized spacial score (nSPS) is 13.6. The van der Waals surface area contributed by atoms with Gasteiger partial charge in [-0.05, 0) is 11.8 Å². The number of hydrogen-bond acceptors (Lipinski definition) is 5. The number of alkyl halides is 3. The van der Waals surface area contributed by atoms with Crippen molar-refractivity contribution in [2.24, 2.45) is 5.73 Å². The first kappa shape index (κ1) is 14.8. The van der Waals surface area contributed by atoms with E-state index in [0.29, 0.717) is 5.69 Å². The van der Waals surface area contributed by atoms with Crippen LogP contribution in [0.15, 0.2) is 6.20 Å². The highest BCUT2D eigenvalue weighted by molar-refractivity contribution is 8.00. The summed E-state index contributed by atoms with van der Waals surface area (Å²) in [5.41, 5.74) is 1.35. The average Bonchev–Trinajstić information content (AvgIpc) is 2.63. The molecule has 0 bridgehead atoms. The summed E-state index contributed by atoms with van der Waals surface area (Å²) in [6.07, 6.45) is 1.38. The first-order valence-electron chi connectivity index (χ1n) is 4.86. The molecule has 1 atom stereocenters. The molecule has 10 heteroatoms. The molecule has 0 radical (unpaired) electrons. The van der Waals surface area contributed by atoms with Crippen LogP contribution in [0.5, 0.6) is 0 Å². The Morgan fingerprint density at radius 3 is 2.83 bits per heavy atom. The molecule has 0 saturated heterocycles. The Morgan fingerprint density at radius 1 is 1.61 bits per heavy atom. The van der Waals surface area contributed by atoms with E-state index in [9.17, 15) is 18.0 Å². The number of halogens is 3. The van der Waals surface area contributed by atoms with Crippen molar-refractivity contribution in [2.45, 2.75) is 24.5 Å². The number of carbonyl (C=O) groups is 1. The van der Waals surface area contributed by atoms with Gasteiger partial charge in [-0.1, -0.05) is 5.21 Å². The number of rotatable bonds is 6. The maximum absolute atomic E-state index is 11.9. The molecule has 3 N–H and O–H groups in total. The van der Waals surface area contributed by atoms with Crippen molar-refractivity contribution in [3.05, 3.63) is 11.9 Å². The van der Waals surface area contributed by atoms with Crippen LogP contribution in [0.3, 0.4) is 0 Å². The third kappa shape index (κ3) is 5.36. The average molecular weight is 284 g/mol. The Bertz CT molecular complexity index is 409. The summed E-state index contributed by atoms with van der Waals surface area (Å²) in [5, 5.41) is 15.8. The fourth-order valence-corrected chi connectivity index (χ4v) is 1.62. The van der Waals surface area contributed by atoms with Crippen molar-refractivity contribution in [1.82, 2.24) is 15.0 Å². The summed E-state index contributed by atoms with van der Waals surface area (Å²) in [6.45, 7) is 0.0412. The minimum Gasteiger partial charge on any atom is -0.480 e. The van der Waals surface area contributed by atoms with Crippen LogP contribution < -0.4 is 5.73 Å². The number of carboxylic acids is 1. The molecule has 102 valence electrons. The first-order chi connectivity index (χ1) is 8.28. The molecular weight excluding hydrogens is 273 g/mol. The van der Waals surface area contributed by atoms with Crippen LogP contribution in [0.2, 0.25) is 0 Å². The fourth-order valence-electron chi connectivity index (χ4n) is 1.11. The van der Waals surface area contributed by atoms with Gasteiger partial charge in [-0.15, -0.1) is 5.10 Å². The van der Waals surface area contributed by atoms with E-state index < -0.39 is 17.5 Å². The maximum Gasteiger partial charge on any atom is 0.441 e. The van der Waals surface area contributed by atoms with E-state index in [1.54, 1.807) is 0 Å². The standard InChI is InChI=1S/C8H11F3N4O2S/c9-8(10,11)18-2-1-15-4-5(13-14-15)3-6(12)7(16)17/h4,6H,1-3,12H2,(H,16,17). The minimum absolute atomic E-state index is 0.0122. The molecule has 0 spiro atoms. The zero-order valence-electron chi connectivity index (χ0n) is 9.09. The number of nitrogens with zero attached hydrogens (tertiary/aromatic N) is 3. The quantitative estimate of drug-likeness (QED) is 0.789. The number of hydrogen-bond donors (Lipinski definition) is 2. The highest BCUT2D eigenvalue weighted by Gasteiger charge is 2.27. The fraction of sp³-hybridized carbons (Fsp3) is 0.625. The minimum atomic E-state index is -4.27. The van der Waals surface area contributed by atoms with E-state index in [0.717, 1.165) is 0 Å². The van der Waals surface area contributed by atoms with E-state index in [4.69, 9.17) is 10.8 Å². The Kier molecular flexibility index (Phi) is 4.96. The zero-order valence-corrected chi connectivity index (χ0v) is 9.91. The van der Waals surface area contributed by atoms with Gasteiger partial charge in [0.05, 0.1) is 12.2 Å². The van der Waals surface area contributed by atoms with Crippen LogP contribution >= 0.6 is 11.8 Å². The second kappa shape index (κ2) is 6.05. The predicted octanol–water partition coefficient (Wildman–Crippen LogP) is 0.485. The number of aromatic nitrogens is 3. The smallest absolute Gasteiger partial charge is 0.441 e. The number of carboxylic acid groups (broad SMARTS) is 1. The summed E-state index contributed by atoms with van der Waals surface area (Å²) < 4.78 is 36.8. The Labute approximate surface area is 104 Å². The van der Waals surface area contributed by atoms with Crippen LogP contribution in [0.25, 0.3) is 0 Å². The molecule has 0 aliphatic rings. The van der Waals surface area contributed by atoms with Crippen LogP contribution in [-0.4, -0.2) is 43.4 Å². The second-order valence-electron chi connectivity index (χ2n) is 3.42. The van der Waals surface area contributed by atoms with Crippen molar-refractivity contribution < 1.29 is 23.1 Å². The molecule has 0 fully saturated rings. The molecule has 0 aliphatic carbocycles. The van der Waals surface area contributed by atoms with Gasteiger partial charge in [-0.25, -0.2) is 0 Å². The van der Waals surface area contributed by atoms with E-state index in [1.807, 2.05) is 0 Å². The first-order valence-corrected chi connectivity index (χ1v) is 5.84.